The molecule has 1 aliphatic heterocycles. The molecule has 0 fully saturated rings. The monoisotopic (exact) mass is 527 g/mol. The molecule has 3 heterocycles. The lowest BCUT2D eigenvalue weighted by atomic mass is 10.0. The average Bonchev–Trinajstić information content (AvgIpc) is 3.34. The number of carbonyl (C=O) groups is 2. The minimum atomic E-state index is -0.954. The van der Waals surface area contributed by atoms with Crippen LogP contribution in [0.1, 0.15) is 51.6 Å². The first-order chi connectivity index (χ1) is 18.8. The molecule has 1 atom stereocenters. The van der Waals surface area contributed by atoms with E-state index >= 15 is 0 Å². The summed E-state index contributed by atoms with van der Waals surface area (Å²) in [5.41, 5.74) is 5.17. The molecule has 1 unspecified atom stereocenters. The van der Waals surface area contributed by atoms with Crippen molar-refractivity contribution in [3.63, 3.8) is 0 Å². The molecule has 9 heteroatoms. The molecule has 202 valence electrons. The predicted molar refractivity (Wildman–Crippen MR) is 150 cm³/mol. The Hall–Kier alpha value is -4.40. The van der Waals surface area contributed by atoms with E-state index in [0.717, 1.165) is 47.4 Å². The zero-order valence-electron chi connectivity index (χ0n) is 22.5. The number of benzene rings is 2. The van der Waals surface area contributed by atoms with Gasteiger partial charge in [-0.25, -0.2) is 4.98 Å². The molecular formula is C30H33N5O4. The molecule has 0 saturated carbocycles. The number of hydrogen-bond donors (Lipinski definition) is 2. The van der Waals surface area contributed by atoms with Gasteiger partial charge in [0, 0.05) is 38.3 Å². The number of carboxylic acid groups (broad SMARTS) is 1. The van der Waals surface area contributed by atoms with E-state index in [1.165, 1.54) is 10.5 Å². The van der Waals surface area contributed by atoms with Gasteiger partial charge in [0.1, 0.15) is 11.6 Å². The molecular weight excluding hydrogens is 494 g/mol. The third-order valence-electron chi connectivity index (χ3n) is 6.98. The molecule has 0 bridgehead atoms. The Labute approximate surface area is 227 Å². The number of rotatable bonds is 9. The van der Waals surface area contributed by atoms with Crippen molar-refractivity contribution in [2.24, 2.45) is 0 Å². The fraction of sp³-hybridized carbons (Fsp3) is 0.333. The van der Waals surface area contributed by atoms with Gasteiger partial charge in [0.25, 0.3) is 5.91 Å². The van der Waals surface area contributed by atoms with E-state index in [4.69, 9.17) is 9.72 Å². The van der Waals surface area contributed by atoms with E-state index in [9.17, 15) is 14.7 Å². The van der Waals surface area contributed by atoms with Gasteiger partial charge in [0.2, 0.25) is 0 Å². The summed E-state index contributed by atoms with van der Waals surface area (Å²) in [5, 5.41) is 18.5. The van der Waals surface area contributed by atoms with Crippen LogP contribution in [0.15, 0.2) is 54.7 Å². The van der Waals surface area contributed by atoms with Gasteiger partial charge in [0.05, 0.1) is 36.2 Å². The van der Waals surface area contributed by atoms with Crippen molar-refractivity contribution < 1.29 is 19.4 Å². The highest BCUT2D eigenvalue weighted by molar-refractivity contribution is 5.94. The van der Waals surface area contributed by atoms with Crippen molar-refractivity contribution in [1.29, 1.82) is 0 Å². The summed E-state index contributed by atoms with van der Waals surface area (Å²) >= 11 is 0. The highest BCUT2D eigenvalue weighted by atomic mass is 16.5. The number of aromatic nitrogens is 3. The number of carboxylic acids is 1. The van der Waals surface area contributed by atoms with Gasteiger partial charge in [-0.05, 0) is 66.8 Å². The number of pyridine rings is 1. The van der Waals surface area contributed by atoms with E-state index in [1.54, 1.807) is 43.2 Å². The van der Waals surface area contributed by atoms with Gasteiger partial charge in [-0.15, -0.1) is 0 Å². The minimum absolute atomic E-state index is 0.146. The van der Waals surface area contributed by atoms with Crippen molar-refractivity contribution in [1.82, 2.24) is 19.7 Å². The van der Waals surface area contributed by atoms with Crippen LogP contribution in [0.2, 0.25) is 0 Å². The second-order valence-electron chi connectivity index (χ2n) is 10.2. The Morgan fingerprint density at radius 1 is 1.18 bits per heavy atom. The Morgan fingerprint density at radius 2 is 2.03 bits per heavy atom. The van der Waals surface area contributed by atoms with Gasteiger partial charge in [-0.3, -0.25) is 14.3 Å². The number of aryl methyl sites for hydroxylation is 2. The van der Waals surface area contributed by atoms with Gasteiger partial charge in [-0.1, -0.05) is 18.2 Å². The molecule has 0 radical (unpaired) electrons. The summed E-state index contributed by atoms with van der Waals surface area (Å²) in [7, 11) is 3.38. The van der Waals surface area contributed by atoms with Crippen LogP contribution in [0.5, 0.6) is 5.75 Å². The minimum Gasteiger partial charge on any atom is -0.492 e. The largest absolute Gasteiger partial charge is 0.492 e. The number of hydrogen-bond acceptors (Lipinski definition) is 6. The lowest BCUT2D eigenvalue weighted by molar-refractivity contribution is -0.137. The summed E-state index contributed by atoms with van der Waals surface area (Å²) in [6.45, 7) is 3.37. The fourth-order valence-corrected chi connectivity index (χ4v) is 5.04. The number of fused-ring (bicyclic) bond motifs is 2. The zero-order valence-corrected chi connectivity index (χ0v) is 22.5. The summed E-state index contributed by atoms with van der Waals surface area (Å²) in [4.78, 5) is 30.7. The number of aliphatic carboxylic acids is 1. The van der Waals surface area contributed by atoms with Crippen molar-refractivity contribution in [2.75, 3.05) is 32.6 Å². The number of nitrogens with one attached hydrogen (secondary N) is 1. The summed E-state index contributed by atoms with van der Waals surface area (Å²) in [6.07, 6.45) is 4.37. The van der Waals surface area contributed by atoms with Crippen LogP contribution in [0, 0.1) is 6.92 Å². The van der Waals surface area contributed by atoms with Crippen molar-refractivity contribution >= 4 is 28.6 Å². The standard InChI is InChI=1S/C30H33N5O4/c1-19-14-26-24(27(15-19)39-13-11-23-10-9-20-8-5-12-31-29(20)33-23)18-32-35(26)25(17-28(36)37)21-6-4-7-22(16-21)30(38)34(2)3/h4,6-7,9-10,14-16,18,25H,5,8,11-13,17H2,1-3H3,(H,31,33)(H,36,37). The first-order valence-electron chi connectivity index (χ1n) is 13.2. The van der Waals surface area contributed by atoms with Crippen LogP contribution < -0.4 is 10.1 Å². The van der Waals surface area contributed by atoms with Crippen LogP contribution in [0.4, 0.5) is 5.82 Å². The van der Waals surface area contributed by atoms with Crippen LogP contribution in [0.3, 0.4) is 0 Å². The van der Waals surface area contributed by atoms with Crippen LogP contribution in [-0.4, -0.2) is 63.9 Å². The maximum atomic E-state index is 12.6. The SMILES string of the molecule is Cc1cc(OCCc2ccc3c(n2)NCCC3)c2cnn(C(CC(=O)O)c3cccc(C(=O)N(C)C)c3)c2c1. The van der Waals surface area contributed by atoms with Crippen LogP contribution in [0.25, 0.3) is 10.9 Å². The topological polar surface area (TPSA) is 110 Å². The van der Waals surface area contributed by atoms with E-state index in [1.807, 2.05) is 25.1 Å². The molecule has 2 aromatic heterocycles. The highest BCUT2D eigenvalue weighted by Gasteiger charge is 2.23. The Bertz CT molecular complexity index is 1530. The highest BCUT2D eigenvalue weighted by Crippen LogP contribution is 2.33. The normalized spacial score (nSPS) is 13.4. The third kappa shape index (κ3) is 5.72. The van der Waals surface area contributed by atoms with Gasteiger partial charge < -0.3 is 20.1 Å². The average molecular weight is 528 g/mol. The Kier molecular flexibility index (Phi) is 7.49. The molecule has 9 nitrogen and oxygen atoms in total. The molecule has 5 rings (SSSR count). The van der Waals surface area contributed by atoms with Crippen LogP contribution in [-0.2, 0) is 17.6 Å². The smallest absolute Gasteiger partial charge is 0.305 e. The fourth-order valence-electron chi connectivity index (χ4n) is 5.04. The predicted octanol–water partition coefficient (Wildman–Crippen LogP) is 4.49. The molecule has 4 aromatic rings. The number of ether oxygens (including phenoxy) is 1. The maximum Gasteiger partial charge on any atom is 0.305 e. The first kappa shape index (κ1) is 26.2. The van der Waals surface area contributed by atoms with E-state index in [-0.39, 0.29) is 12.3 Å². The van der Waals surface area contributed by atoms with Crippen LogP contribution >= 0.6 is 0 Å². The summed E-state index contributed by atoms with van der Waals surface area (Å²) in [6, 6.07) is 14.6. The maximum absolute atomic E-state index is 12.6. The van der Waals surface area contributed by atoms with E-state index in [2.05, 4.69) is 22.5 Å². The lowest BCUT2D eigenvalue weighted by Gasteiger charge is -2.19. The molecule has 39 heavy (non-hydrogen) atoms. The van der Waals surface area contributed by atoms with Gasteiger partial charge in [-0.2, -0.15) is 5.10 Å². The molecule has 0 aliphatic carbocycles. The van der Waals surface area contributed by atoms with E-state index < -0.39 is 12.0 Å². The summed E-state index contributed by atoms with van der Waals surface area (Å²) < 4.78 is 7.95. The van der Waals surface area contributed by atoms with Gasteiger partial charge in [0.15, 0.2) is 0 Å². The van der Waals surface area contributed by atoms with Gasteiger partial charge >= 0.3 is 5.97 Å². The number of anilines is 1. The van der Waals surface area contributed by atoms with Crippen molar-refractivity contribution in [3.05, 3.63) is 82.7 Å². The molecule has 2 aromatic carbocycles. The number of carbonyl (C=O) groups excluding carboxylic acids is 1. The molecule has 2 N–H and O–H groups in total. The summed E-state index contributed by atoms with van der Waals surface area (Å²) in [5.74, 6) is 0.563. The molecule has 0 saturated heterocycles. The lowest BCUT2D eigenvalue weighted by Crippen LogP contribution is -2.22. The second-order valence-corrected chi connectivity index (χ2v) is 10.2. The molecule has 1 aliphatic rings. The van der Waals surface area contributed by atoms with Crippen molar-refractivity contribution in [3.8, 4) is 5.75 Å². The third-order valence-corrected chi connectivity index (χ3v) is 6.98. The second kappa shape index (κ2) is 11.1. The number of amides is 1. The first-order valence-corrected chi connectivity index (χ1v) is 13.2. The Balaban J connectivity index is 1.42. The molecule has 1 amide bonds. The molecule has 0 spiro atoms. The quantitative estimate of drug-likeness (QED) is 0.330. The zero-order chi connectivity index (χ0) is 27.5. The van der Waals surface area contributed by atoms with E-state index in [0.29, 0.717) is 29.9 Å². The van der Waals surface area contributed by atoms with Crippen molar-refractivity contribution in [2.45, 2.75) is 38.6 Å². The number of nitrogens with zero attached hydrogens (tertiary/aromatic N) is 4. The Morgan fingerprint density at radius 3 is 2.82 bits per heavy atom.